The van der Waals surface area contributed by atoms with E-state index in [0.717, 1.165) is 0 Å². The average Bonchev–Trinajstić information content (AvgIpc) is 2.33. The highest BCUT2D eigenvalue weighted by atomic mass is 28.3. The maximum Gasteiger partial charge on any atom is 0.0770 e. The Bertz CT molecular complexity index is 456. The molecule has 0 amide bonds. The Labute approximate surface area is 119 Å². The van der Waals surface area contributed by atoms with Gasteiger partial charge in [-0.2, -0.15) is 0 Å². The second-order valence-electron chi connectivity index (χ2n) is 6.49. The molecule has 102 valence electrons. The Morgan fingerprint density at radius 3 is 2.00 bits per heavy atom. The molecule has 0 nitrogen and oxygen atoms in total. The average molecular weight is 270 g/mol. The van der Waals surface area contributed by atoms with Gasteiger partial charge in [0.1, 0.15) is 0 Å². The number of benzene rings is 1. The SMILES string of the molecule is CC(C)(C)[Si](C)(C)/C=C/C=C/C=C/c1ccccc1. The van der Waals surface area contributed by atoms with Gasteiger partial charge in [0.15, 0.2) is 0 Å². The second-order valence-corrected chi connectivity index (χ2v) is 11.8. The fourth-order valence-corrected chi connectivity index (χ4v) is 2.50. The van der Waals surface area contributed by atoms with Crippen molar-refractivity contribution in [2.24, 2.45) is 0 Å². The molecule has 0 fully saturated rings. The van der Waals surface area contributed by atoms with Crippen LogP contribution in [0.25, 0.3) is 6.08 Å². The van der Waals surface area contributed by atoms with Gasteiger partial charge in [-0.25, -0.2) is 0 Å². The summed E-state index contributed by atoms with van der Waals surface area (Å²) in [6.45, 7) is 11.8. The molecule has 0 bridgehead atoms. The highest BCUT2D eigenvalue weighted by Gasteiger charge is 2.31. The van der Waals surface area contributed by atoms with Crippen LogP contribution >= 0.6 is 0 Å². The van der Waals surface area contributed by atoms with Gasteiger partial charge in [0.05, 0.1) is 8.07 Å². The van der Waals surface area contributed by atoms with Crippen molar-refractivity contribution in [1.82, 2.24) is 0 Å². The Kier molecular flexibility index (Phi) is 5.55. The molecule has 1 rings (SSSR count). The van der Waals surface area contributed by atoms with E-state index in [-0.39, 0.29) is 0 Å². The summed E-state index contributed by atoms with van der Waals surface area (Å²) in [5.41, 5.74) is 3.65. The van der Waals surface area contributed by atoms with Gasteiger partial charge >= 0.3 is 0 Å². The van der Waals surface area contributed by atoms with E-state index in [1.165, 1.54) is 5.56 Å². The van der Waals surface area contributed by atoms with Gasteiger partial charge in [-0.1, -0.05) is 100 Å². The lowest BCUT2D eigenvalue weighted by Gasteiger charge is -2.34. The van der Waals surface area contributed by atoms with Crippen LogP contribution in [0.1, 0.15) is 26.3 Å². The van der Waals surface area contributed by atoms with Crippen molar-refractivity contribution in [3.63, 3.8) is 0 Å². The quantitative estimate of drug-likeness (QED) is 0.475. The van der Waals surface area contributed by atoms with E-state index in [2.05, 4.69) is 94.2 Å². The van der Waals surface area contributed by atoms with Crippen LogP contribution in [0.3, 0.4) is 0 Å². The lowest BCUT2D eigenvalue weighted by atomic mass is 10.2. The Balaban J connectivity index is 2.54. The van der Waals surface area contributed by atoms with Crippen molar-refractivity contribution in [1.29, 1.82) is 0 Å². The minimum atomic E-state index is -1.28. The fourth-order valence-electron chi connectivity index (χ4n) is 1.41. The third-order valence-electron chi connectivity index (χ3n) is 3.87. The molecule has 0 heterocycles. The van der Waals surface area contributed by atoms with Crippen LogP contribution in [0, 0.1) is 0 Å². The molecule has 1 aromatic rings. The number of rotatable bonds is 4. The van der Waals surface area contributed by atoms with Gasteiger partial charge in [-0.15, -0.1) is 0 Å². The minimum Gasteiger partial charge on any atom is -0.0942 e. The van der Waals surface area contributed by atoms with Crippen molar-refractivity contribution in [2.75, 3.05) is 0 Å². The van der Waals surface area contributed by atoms with E-state index in [0.29, 0.717) is 5.04 Å². The summed E-state index contributed by atoms with van der Waals surface area (Å²) in [7, 11) is -1.28. The van der Waals surface area contributed by atoms with E-state index in [4.69, 9.17) is 0 Å². The third-order valence-corrected chi connectivity index (χ3v) is 8.76. The van der Waals surface area contributed by atoms with Crippen LogP contribution in [0.5, 0.6) is 0 Å². The molecule has 1 aromatic carbocycles. The van der Waals surface area contributed by atoms with Gasteiger partial charge in [0.25, 0.3) is 0 Å². The molecular weight excluding hydrogens is 244 g/mol. The van der Waals surface area contributed by atoms with Crippen molar-refractivity contribution in [3.8, 4) is 0 Å². The first-order chi connectivity index (χ1) is 8.83. The van der Waals surface area contributed by atoms with E-state index in [1.54, 1.807) is 0 Å². The van der Waals surface area contributed by atoms with Gasteiger partial charge in [0.2, 0.25) is 0 Å². The monoisotopic (exact) mass is 270 g/mol. The molecule has 0 aromatic heterocycles. The molecule has 0 spiro atoms. The van der Waals surface area contributed by atoms with E-state index < -0.39 is 8.07 Å². The molecule has 0 unspecified atom stereocenters. The highest BCUT2D eigenvalue weighted by Crippen LogP contribution is 2.36. The molecule has 0 N–H and O–H groups in total. The molecule has 0 aliphatic heterocycles. The lowest BCUT2D eigenvalue weighted by molar-refractivity contribution is 0.729. The zero-order valence-corrected chi connectivity index (χ0v) is 13.9. The summed E-state index contributed by atoms with van der Waals surface area (Å²) >= 11 is 0. The summed E-state index contributed by atoms with van der Waals surface area (Å²) < 4.78 is 0. The van der Waals surface area contributed by atoms with E-state index >= 15 is 0 Å². The van der Waals surface area contributed by atoms with Crippen molar-refractivity contribution < 1.29 is 0 Å². The van der Waals surface area contributed by atoms with E-state index in [1.807, 2.05) is 6.07 Å². The van der Waals surface area contributed by atoms with Crippen LogP contribution < -0.4 is 0 Å². The smallest absolute Gasteiger partial charge is 0.0770 e. The molecule has 1 heteroatoms. The standard InChI is InChI=1S/C18H26Si/c1-18(2,3)19(4,5)16-12-7-6-9-13-17-14-10-8-11-15-17/h6-16H,1-5H3/b7-6+,13-9+,16-12+. The Morgan fingerprint density at radius 2 is 1.42 bits per heavy atom. The summed E-state index contributed by atoms with van der Waals surface area (Å²) in [4.78, 5) is 0. The van der Waals surface area contributed by atoms with E-state index in [9.17, 15) is 0 Å². The molecule has 0 aliphatic carbocycles. The lowest BCUT2D eigenvalue weighted by Crippen LogP contribution is -2.34. The van der Waals surface area contributed by atoms with Crippen LogP contribution in [-0.2, 0) is 0 Å². The van der Waals surface area contributed by atoms with Crippen LogP contribution in [0.15, 0.2) is 60.3 Å². The first-order valence-electron chi connectivity index (χ1n) is 6.90. The predicted molar refractivity (Wildman–Crippen MR) is 91.0 cm³/mol. The minimum absolute atomic E-state index is 0.414. The van der Waals surface area contributed by atoms with Crippen molar-refractivity contribution >= 4 is 14.1 Å². The Morgan fingerprint density at radius 1 is 0.842 bits per heavy atom. The van der Waals surface area contributed by atoms with Gasteiger partial charge in [-0.05, 0) is 10.6 Å². The maximum absolute atomic E-state index is 2.42. The summed E-state index contributed by atoms with van der Waals surface area (Å²) in [6, 6.07) is 10.4. The molecule has 0 saturated heterocycles. The first-order valence-corrected chi connectivity index (χ1v) is 9.98. The molecule has 0 atom stereocenters. The normalized spacial score (nSPS) is 13.9. The molecule has 0 aliphatic rings. The topological polar surface area (TPSA) is 0 Å². The van der Waals surface area contributed by atoms with Gasteiger partial charge in [-0.3, -0.25) is 0 Å². The zero-order valence-electron chi connectivity index (χ0n) is 12.9. The molecular formula is C18H26Si. The number of allylic oxidation sites excluding steroid dienone is 4. The second kappa shape index (κ2) is 6.72. The molecule has 19 heavy (non-hydrogen) atoms. The molecule has 0 saturated carbocycles. The zero-order chi connectivity index (χ0) is 14.4. The van der Waals surface area contributed by atoms with Gasteiger partial charge in [0, 0.05) is 0 Å². The maximum atomic E-state index is 2.42. The largest absolute Gasteiger partial charge is 0.0942 e. The van der Waals surface area contributed by atoms with Crippen molar-refractivity contribution in [2.45, 2.75) is 38.9 Å². The molecule has 0 radical (unpaired) electrons. The number of hydrogen-bond acceptors (Lipinski definition) is 0. The fraction of sp³-hybridized carbons (Fsp3) is 0.333. The first kappa shape index (κ1) is 15.7. The highest BCUT2D eigenvalue weighted by molar-refractivity contribution is 6.84. The Hall–Kier alpha value is -1.34. The van der Waals surface area contributed by atoms with Crippen LogP contribution in [-0.4, -0.2) is 8.07 Å². The number of hydrogen-bond donors (Lipinski definition) is 0. The van der Waals surface area contributed by atoms with Crippen molar-refractivity contribution in [3.05, 3.63) is 65.9 Å². The van der Waals surface area contributed by atoms with Gasteiger partial charge < -0.3 is 0 Å². The summed E-state index contributed by atoms with van der Waals surface area (Å²) in [5, 5.41) is 0.414. The third kappa shape index (κ3) is 5.44. The predicted octanol–water partition coefficient (Wildman–Crippen LogP) is 5.86. The van der Waals surface area contributed by atoms with Crippen LogP contribution in [0.2, 0.25) is 18.1 Å². The van der Waals surface area contributed by atoms with Crippen LogP contribution in [0.4, 0.5) is 0 Å². The summed E-state index contributed by atoms with van der Waals surface area (Å²) in [5.74, 6) is 0. The summed E-state index contributed by atoms with van der Waals surface area (Å²) in [6.07, 6.45) is 10.6.